The molecule has 7 heteroatoms. The van der Waals surface area contributed by atoms with Crippen molar-refractivity contribution in [3.8, 4) is 11.4 Å². The minimum atomic E-state index is -4.53. The number of nitrogens with zero attached hydrogens (tertiary/aromatic N) is 2. The number of aromatic nitrogens is 2. The van der Waals surface area contributed by atoms with Crippen molar-refractivity contribution in [3.05, 3.63) is 41.5 Å². The summed E-state index contributed by atoms with van der Waals surface area (Å²) < 4.78 is 53.9. The van der Waals surface area contributed by atoms with Gasteiger partial charge in [0.2, 0.25) is 0 Å². The predicted octanol–water partition coefficient (Wildman–Crippen LogP) is 4.01. The van der Waals surface area contributed by atoms with Crippen LogP contribution in [-0.4, -0.2) is 16.6 Å². The molecule has 0 aliphatic rings. The van der Waals surface area contributed by atoms with Gasteiger partial charge in [0, 0.05) is 29.9 Å². The zero-order valence-electron chi connectivity index (χ0n) is 12.5. The minimum absolute atomic E-state index is 0.109. The van der Waals surface area contributed by atoms with E-state index in [1.165, 1.54) is 10.6 Å². The Bertz CT molecular complexity index is 659. The molecule has 1 heterocycles. The van der Waals surface area contributed by atoms with E-state index in [4.69, 9.17) is 0 Å². The second-order valence-electron chi connectivity index (χ2n) is 5.29. The highest BCUT2D eigenvalue weighted by Gasteiger charge is 2.35. The average molecular weight is 315 g/mol. The number of imidazole rings is 1. The van der Waals surface area contributed by atoms with Gasteiger partial charge in [0.25, 0.3) is 0 Å². The summed E-state index contributed by atoms with van der Waals surface area (Å²) in [5.41, 5.74) is -0.206. The topological polar surface area (TPSA) is 29.9 Å². The number of hydrogen-bond donors (Lipinski definition) is 1. The van der Waals surface area contributed by atoms with Gasteiger partial charge < -0.3 is 9.88 Å². The molecule has 0 radical (unpaired) electrons. The molecule has 120 valence electrons. The third-order valence-corrected chi connectivity index (χ3v) is 3.26. The van der Waals surface area contributed by atoms with E-state index in [1.807, 2.05) is 0 Å². The lowest BCUT2D eigenvalue weighted by atomic mass is 10.1. The minimum Gasteiger partial charge on any atom is -0.328 e. The highest BCUT2D eigenvalue weighted by atomic mass is 19.4. The van der Waals surface area contributed by atoms with Gasteiger partial charge in [-0.1, -0.05) is 12.1 Å². The van der Waals surface area contributed by atoms with Crippen LogP contribution in [0.2, 0.25) is 0 Å². The Hall–Kier alpha value is -1.89. The molecule has 0 atom stereocenters. The van der Waals surface area contributed by atoms with Gasteiger partial charge in [-0.3, -0.25) is 0 Å². The molecule has 1 N–H and O–H groups in total. The zero-order valence-corrected chi connectivity index (χ0v) is 12.5. The number of benzene rings is 1. The van der Waals surface area contributed by atoms with E-state index in [1.54, 1.807) is 33.0 Å². The number of alkyl halides is 3. The summed E-state index contributed by atoms with van der Waals surface area (Å²) in [7, 11) is 1.69. The van der Waals surface area contributed by atoms with Crippen LogP contribution >= 0.6 is 0 Å². The predicted molar refractivity (Wildman–Crippen MR) is 75.8 cm³/mol. The first-order valence-corrected chi connectivity index (χ1v) is 6.83. The van der Waals surface area contributed by atoms with Crippen molar-refractivity contribution in [3.63, 3.8) is 0 Å². The molecule has 1 aromatic heterocycles. The van der Waals surface area contributed by atoms with Gasteiger partial charge >= 0.3 is 6.18 Å². The normalized spacial score (nSPS) is 12.2. The summed E-state index contributed by atoms with van der Waals surface area (Å²) in [5, 5.41) is 2.83. The maximum absolute atomic E-state index is 14.0. The average Bonchev–Trinajstić information content (AvgIpc) is 2.86. The van der Waals surface area contributed by atoms with E-state index >= 15 is 0 Å². The second kappa shape index (κ2) is 6.08. The van der Waals surface area contributed by atoms with E-state index in [0.717, 1.165) is 6.20 Å². The molecule has 0 saturated carbocycles. The second-order valence-corrected chi connectivity index (χ2v) is 5.29. The van der Waals surface area contributed by atoms with Crippen molar-refractivity contribution >= 4 is 0 Å². The number of nitrogens with one attached hydrogen (secondary N) is 1. The quantitative estimate of drug-likeness (QED) is 0.864. The fraction of sp³-hybridized carbons (Fsp3) is 0.400. The highest BCUT2D eigenvalue weighted by Crippen LogP contribution is 2.32. The van der Waals surface area contributed by atoms with Gasteiger partial charge in [-0.15, -0.1) is 0 Å². The summed E-state index contributed by atoms with van der Waals surface area (Å²) in [6.07, 6.45) is -3.57. The Morgan fingerprint density at radius 3 is 2.45 bits per heavy atom. The molecule has 0 amide bonds. The lowest BCUT2D eigenvalue weighted by Crippen LogP contribution is -2.07. The van der Waals surface area contributed by atoms with E-state index in [9.17, 15) is 17.6 Å². The Kier molecular flexibility index (Phi) is 4.55. The molecule has 22 heavy (non-hydrogen) atoms. The molecule has 0 spiro atoms. The first-order chi connectivity index (χ1) is 10.2. The first-order valence-electron chi connectivity index (χ1n) is 6.83. The first kappa shape index (κ1) is 16.5. The van der Waals surface area contributed by atoms with Crippen molar-refractivity contribution in [2.24, 2.45) is 0 Å². The summed E-state index contributed by atoms with van der Waals surface area (Å²) in [6, 6.07) is 4.12. The van der Waals surface area contributed by atoms with Crippen molar-refractivity contribution < 1.29 is 17.6 Å². The van der Waals surface area contributed by atoms with Gasteiger partial charge in [0.05, 0.1) is 0 Å². The molecule has 3 nitrogen and oxygen atoms in total. The van der Waals surface area contributed by atoms with Crippen LogP contribution in [-0.2, 0) is 12.7 Å². The van der Waals surface area contributed by atoms with Crippen molar-refractivity contribution in [1.29, 1.82) is 0 Å². The van der Waals surface area contributed by atoms with Crippen LogP contribution in [0.4, 0.5) is 17.6 Å². The zero-order chi connectivity index (χ0) is 16.5. The maximum Gasteiger partial charge on any atom is 0.434 e. The van der Waals surface area contributed by atoms with Gasteiger partial charge in [0.15, 0.2) is 5.69 Å². The van der Waals surface area contributed by atoms with E-state index < -0.39 is 17.7 Å². The van der Waals surface area contributed by atoms with Gasteiger partial charge in [0.1, 0.15) is 11.6 Å². The van der Waals surface area contributed by atoms with Crippen molar-refractivity contribution in [2.45, 2.75) is 32.6 Å². The van der Waals surface area contributed by atoms with E-state index in [0.29, 0.717) is 17.7 Å². The lowest BCUT2D eigenvalue weighted by molar-refractivity contribution is -0.140. The van der Waals surface area contributed by atoms with E-state index in [-0.39, 0.29) is 11.9 Å². The molecule has 0 aliphatic heterocycles. The molecule has 2 rings (SSSR count). The van der Waals surface area contributed by atoms with Crippen LogP contribution in [0.25, 0.3) is 11.4 Å². The SMILES string of the molecule is CNCc1ccc(-c2nc(C(F)(F)F)cn2C(C)C)cc1F. The summed E-state index contributed by atoms with van der Waals surface area (Å²) in [4.78, 5) is 3.65. The van der Waals surface area contributed by atoms with Gasteiger partial charge in [-0.2, -0.15) is 13.2 Å². The molecule has 2 aromatic rings. The Labute approximate surface area is 126 Å². The third kappa shape index (κ3) is 3.30. The largest absolute Gasteiger partial charge is 0.434 e. The summed E-state index contributed by atoms with van der Waals surface area (Å²) in [6.45, 7) is 3.84. The number of hydrogen-bond acceptors (Lipinski definition) is 2. The standard InChI is InChI=1S/C15H17F4N3/c1-9(2)22-8-13(15(17,18)19)21-14(22)10-4-5-11(7-20-3)12(16)6-10/h4-6,8-9,20H,7H2,1-3H3. The van der Waals surface area contributed by atoms with Crippen LogP contribution in [0.15, 0.2) is 24.4 Å². The summed E-state index contributed by atoms with van der Waals surface area (Å²) >= 11 is 0. The molecule has 0 saturated heterocycles. The highest BCUT2D eigenvalue weighted by molar-refractivity contribution is 5.57. The number of rotatable bonds is 4. The van der Waals surface area contributed by atoms with Crippen LogP contribution in [0.5, 0.6) is 0 Å². The van der Waals surface area contributed by atoms with Crippen molar-refractivity contribution in [2.75, 3.05) is 7.05 Å². The Morgan fingerprint density at radius 1 is 1.27 bits per heavy atom. The van der Waals surface area contributed by atoms with E-state index in [2.05, 4.69) is 10.3 Å². The maximum atomic E-state index is 14.0. The Morgan fingerprint density at radius 2 is 1.95 bits per heavy atom. The van der Waals surface area contributed by atoms with Crippen LogP contribution < -0.4 is 5.32 Å². The molecular weight excluding hydrogens is 298 g/mol. The Balaban J connectivity index is 2.52. The fourth-order valence-corrected chi connectivity index (χ4v) is 2.16. The fourth-order valence-electron chi connectivity index (χ4n) is 2.16. The monoisotopic (exact) mass is 315 g/mol. The third-order valence-electron chi connectivity index (χ3n) is 3.26. The van der Waals surface area contributed by atoms with Crippen LogP contribution in [0.3, 0.4) is 0 Å². The molecular formula is C15H17F4N3. The molecule has 0 fully saturated rings. The molecule has 0 aliphatic carbocycles. The lowest BCUT2D eigenvalue weighted by Gasteiger charge is -2.12. The molecule has 0 bridgehead atoms. The van der Waals surface area contributed by atoms with Gasteiger partial charge in [-0.25, -0.2) is 9.37 Å². The van der Waals surface area contributed by atoms with Crippen LogP contribution in [0.1, 0.15) is 31.1 Å². The molecule has 0 unspecified atom stereocenters. The number of halogens is 4. The summed E-state index contributed by atoms with van der Waals surface area (Å²) in [5.74, 6) is -0.365. The van der Waals surface area contributed by atoms with Crippen molar-refractivity contribution in [1.82, 2.24) is 14.9 Å². The molecule has 1 aromatic carbocycles. The van der Waals surface area contributed by atoms with Gasteiger partial charge in [-0.05, 0) is 27.0 Å². The van der Waals surface area contributed by atoms with Crippen LogP contribution in [0, 0.1) is 5.82 Å². The smallest absolute Gasteiger partial charge is 0.328 e.